The summed E-state index contributed by atoms with van der Waals surface area (Å²) in [5.74, 6) is 0.211. The number of hydrogen-bond donors (Lipinski definition) is 2. The van der Waals surface area contributed by atoms with Crippen LogP contribution in [0.25, 0.3) is 0 Å². The summed E-state index contributed by atoms with van der Waals surface area (Å²) in [6, 6.07) is 8.09. The molecule has 0 radical (unpaired) electrons. The number of amides is 2. The van der Waals surface area contributed by atoms with Gasteiger partial charge >= 0.3 is 0 Å². The lowest BCUT2D eigenvalue weighted by Gasteiger charge is -2.23. The quantitative estimate of drug-likeness (QED) is 0.624. The number of Topliss-reactive ketones (excluding diaryl/α,β-unsaturated/α-hetero) is 1. The fraction of sp³-hybridized carbons (Fsp3) is 0.478. The number of rotatable bonds is 8. The van der Waals surface area contributed by atoms with Gasteiger partial charge in [-0.3, -0.25) is 14.4 Å². The zero-order valence-electron chi connectivity index (χ0n) is 18.1. The van der Waals surface area contributed by atoms with Crippen LogP contribution in [-0.4, -0.2) is 51.5 Å². The number of carbonyl (C=O) groups is 3. The van der Waals surface area contributed by atoms with E-state index < -0.39 is 12.1 Å². The number of hydrogen-bond acceptors (Lipinski definition) is 6. The molecule has 2 aromatic rings. The number of aryl methyl sites for hydroxylation is 1. The van der Waals surface area contributed by atoms with Crippen molar-refractivity contribution in [2.45, 2.75) is 58.7 Å². The van der Waals surface area contributed by atoms with Crippen LogP contribution < -0.4 is 5.32 Å². The monoisotopic (exact) mass is 427 g/mol. The number of benzene rings is 1. The van der Waals surface area contributed by atoms with Gasteiger partial charge in [0, 0.05) is 37.6 Å². The van der Waals surface area contributed by atoms with Gasteiger partial charge in [0.05, 0.1) is 18.2 Å². The van der Waals surface area contributed by atoms with Crippen molar-refractivity contribution in [2.24, 2.45) is 5.92 Å². The van der Waals surface area contributed by atoms with Crippen LogP contribution in [0, 0.1) is 12.8 Å². The van der Waals surface area contributed by atoms with Crippen molar-refractivity contribution in [2.75, 3.05) is 6.54 Å². The summed E-state index contributed by atoms with van der Waals surface area (Å²) in [5, 5.41) is 16.6. The Balaban J connectivity index is 1.57. The first-order valence-corrected chi connectivity index (χ1v) is 10.5. The van der Waals surface area contributed by atoms with Gasteiger partial charge in [0.15, 0.2) is 5.78 Å². The Morgan fingerprint density at radius 3 is 2.58 bits per heavy atom. The van der Waals surface area contributed by atoms with Crippen molar-refractivity contribution in [1.82, 2.24) is 15.4 Å². The number of nitrogens with zero attached hydrogens (tertiary/aromatic N) is 2. The molecule has 3 rings (SSSR count). The Labute approximate surface area is 181 Å². The second-order valence-corrected chi connectivity index (χ2v) is 8.50. The summed E-state index contributed by atoms with van der Waals surface area (Å²) in [6.45, 7) is 6.15. The number of nitrogens with one attached hydrogen (secondary N) is 1. The molecule has 2 amide bonds. The van der Waals surface area contributed by atoms with Crippen LogP contribution in [0.4, 0.5) is 0 Å². The molecule has 2 N–H and O–H groups in total. The number of aliphatic hydroxyl groups is 1. The van der Waals surface area contributed by atoms with Gasteiger partial charge in [-0.2, -0.15) is 0 Å². The first-order chi connectivity index (χ1) is 14.7. The first-order valence-electron chi connectivity index (χ1n) is 10.5. The molecule has 1 aliphatic rings. The fourth-order valence-electron chi connectivity index (χ4n) is 3.69. The van der Waals surface area contributed by atoms with Crippen LogP contribution in [0.2, 0.25) is 0 Å². The SMILES string of the molecule is Cc1cc(CC(=O)N2C[C@H](O)C[C@H]2C(=O)NCc2ccc(C(=O)CC(C)C)cc2)on1. The molecule has 1 aromatic carbocycles. The lowest BCUT2D eigenvalue weighted by molar-refractivity contribution is -0.138. The Morgan fingerprint density at radius 1 is 1.26 bits per heavy atom. The zero-order valence-corrected chi connectivity index (χ0v) is 18.1. The molecule has 2 heterocycles. The van der Waals surface area contributed by atoms with E-state index in [9.17, 15) is 19.5 Å². The molecule has 1 saturated heterocycles. The maximum Gasteiger partial charge on any atom is 0.243 e. The standard InChI is InChI=1S/C23H29N3O5/c1-14(2)8-21(28)17-6-4-16(5-7-17)12-24-23(30)20-10-18(27)13-26(20)22(29)11-19-9-15(3)25-31-19/h4-7,9,14,18,20,27H,8,10-13H2,1-3H3,(H,24,30)/t18-,20+/m1/s1. The Kier molecular flexibility index (Phi) is 7.22. The average Bonchev–Trinajstić information content (AvgIpc) is 3.31. The Morgan fingerprint density at radius 2 is 1.97 bits per heavy atom. The predicted octanol–water partition coefficient (Wildman–Crippen LogP) is 2.03. The first kappa shape index (κ1) is 22.7. The predicted molar refractivity (Wildman–Crippen MR) is 113 cm³/mol. The summed E-state index contributed by atoms with van der Waals surface area (Å²) >= 11 is 0. The minimum absolute atomic E-state index is 0.0107. The van der Waals surface area contributed by atoms with E-state index in [2.05, 4.69) is 10.5 Å². The normalized spacial score (nSPS) is 18.4. The van der Waals surface area contributed by atoms with Crippen molar-refractivity contribution in [3.05, 3.63) is 52.9 Å². The van der Waals surface area contributed by atoms with Gasteiger partial charge in [-0.1, -0.05) is 43.3 Å². The van der Waals surface area contributed by atoms with Gasteiger partial charge in [0.1, 0.15) is 11.8 Å². The highest BCUT2D eigenvalue weighted by Gasteiger charge is 2.38. The molecule has 0 aliphatic carbocycles. The van der Waals surface area contributed by atoms with Crippen LogP contribution in [0.1, 0.15) is 54.1 Å². The molecule has 1 aromatic heterocycles. The molecule has 31 heavy (non-hydrogen) atoms. The largest absolute Gasteiger partial charge is 0.391 e. The second-order valence-electron chi connectivity index (χ2n) is 8.50. The van der Waals surface area contributed by atoms with Crippen molar-refractivity contribution in [1.29, 1.82) is 0 Å². The van der Waals surface area contributed by atoms with E-state index in [1.807, 2.05) is 26.0 Å². The average molecular weight is 428 g/mol. The van der Waals surface area contributed by atoms with Crippen LogP contribution >= 0.6 is 0 Å². The maximum atomic E-state index is 12.7. The summed E-state index contributed by atoms with van der Waals surface area (Å²) in [7, 11) is 0. The smallest absolute Gasteiger partial charge is 0.243 e. The Bertz CT molecular complexity index is 935. The van der Waals surface area contributed by atoms with Gasteiger partial charge in [0.2, 0.25) is 11.8 Å². The zero-order chi connectivity index (χ0) is 22.5. The van der Waals surface area contributed by atoms with E-state index in [-0.39, 0.29) is 43.5 Å². The van der Waals surface area contributed by atoms with E-state index in [0.717, 1.165) is 5.56 Å². The van der Waals surface area contributed by atoms with Crippen molar-refractivity contribution >= 4 is 17.6 Å². The maximum absolute atomic E-state index is 12.7. The molecule has 0 unspecified atom stereocenters. The fourth-order valence-corrected chi connectivity index (χ4v) is 3.69. The molecule has 0 bridgehead atoms. The molecule has 166 valence electrons. The van der Waals surface area contributed by atoms with Crippen molar-refractivity contribution < 1.29 is 24.0 Å². The van der Waals surface area contributed by atoms with E-state index in [1.54, 1.807) is 25.1 Å². The summed E-state index contributed by atoms with van der Waals surface area (Å²) in [4.78, 5) is 38.9. The summed E-state index contributed by atoms with van der Waals surface area (Å²) in [5.41, 5.74) is 2.18. The van der Waals surface area contributed by atoms with Gasteiger partial charge in [-0.25, -0.2) is 0 Å². The molecule has 8 heteroatoms. The van der Waals surface area contributed by atoms with Crippen molar-refractivity contribution in [3.8, 4) is 0 Å². The molecule has 1 aliphatic heterocycles. The van der Waals surface area contributed by atoms with Crippen LogP contribution in [-0.2, 0) is 22.6 Å². The second kappa shape index (κ2) is 9.87. The van der Waals surface area contributed by atoms with Gasteiger partial charge in [-0.15, -0.1) is 0 Å². The third kappa shape index (κ3) is 6.01. The highest BCUT2D eigenvalue weighted by molar-refractivity contribution is 5.96. The minimum Gasteiger partial charge on any atom is -0.391 e. The van der Waals surface area contributed by atoms with Crippen LogP contribution in [0.5, 0.6) is 0 Å². The molecule has 2 atom stereocenters. The van der Waals surface area contributed by atoms with E-state index in [0.29, 0.717) is 29.4 Å². The molecule has 0 spiro atoms. The molecule has 8 nitrogen and oxygen atoms in total. The highest BCUT2D eigenvalue weighted by Crippen LogP contribution is 2.20. The van der Waals surface area contributed by atoms with E-state index in [4.69, 9.17) is 4.52 Å². The third-order valence-electron chi connectivity index (χ3n) is 5.24. The lowest BCUT2D eigenvalue weighted by atomic mass is 10.0. The molecular formula is C23H29N3O5. The number of carbonyl (C=O) groups excluding carboxylic acids is 3. The lowest BCUT2D eigenvalue weighted by Crippen LogP contribution is -2.46. The highest BCUT2D eigenvalue weighted by atomic mass is 16.5. The van der Waals surface area contributed by atoms with Crippen LogP contribution in [0.3, 0.4) is 0 Å². The number of aliphatic hydroxyl groups excluding tert-OH is 1. The van der Waals surface area contributed by atoms with Gasteiger partial charge in [-0.05, 0) is 18.4 Å². The van der Waals surface area contributed by atoms with Gasteiger partial charge in [0.25, 0.3) is 0 Å². The molecular weight excluding hydrogens is 398 g/mol. The Hall–Kier alpha value is -3.00. The number of aromatic nitrogens is 1. The van der Waals surface area contributed by atoms with E-state index >= 15 is 0 Å². The number of ketones is 1. The van der Waals surface area contributed by atoms with Gasteiger partial charge < -0.3 is 19.8 Å². The molecule has 0 saturated carbocycles. The van der Waals surface area contributed by atoms with E-state index in [1.165, 1.54) is 4.90 Å². The third-order valence-corrected chi connectivity index (χ3v) is 5.24. The molecule has 1 fully saturated rings. The number of likely N-dealkylation sites (tertiary alicyclic amines) is 1. The minimum atomic E-state index is -0.748. The summed E-state index contributed by atoms with van der Waals surface area (Å²) < 4.78 is 5.09. The summed E-state index contributed by atoms with van der Waals surface area (Å²) in [6.07, 6.45) is -0.0707. The topological polar surface area (TPSA) is 113 Å². The number of β-amino-alcohol motifs (C(OH)–C–C–N with tert-alkyl or cyclic N) is 1. The van der Waals surface area contributed by atoms with Crippen molar-refractivity contribution in [3.63, 3.8) is 0 Å². The van der Waals surface area contributed by atoms with Crippen LogP contribution in [0.15, 0.2) is 34.9 Å².